The fourth-order valence-corrected chi connectivity index (χ4v) is 2.37. The Hall–Kier alpha value is -2.17. The molecule has 1 saturated carbocycles. The highest BCUT2D eigenvalue weighted by Crippen LogP contribution is 2.26. The van der Waals surface area contributed by atoms with Gasteiger partial charge in [-0.1, -0.05) is 32.0 Å². The topological polar surface area (TPSA) is 62.7 Å². The molecule has 0 radical (unpaired) electrons. The van der Waals surface area contributed by atoms with Gasteiger partial charge in [-0.3, -0.25) is 0 Å². The van der Waals surface area contributed by atoms with Gasteiger partial charge in [0.2, 0.25) is 5.95 Å². The smallest absolute Gasteiger partial charge is 0.244 e. The van der Waals surface area contributed by atoms with Crippen LogP contribution in [0.4, 0.5) is 17.5 Å². The van der Waals surface area contributed by atoms with Gasteiger partial charge in [0.25, 0.3) is 0 Å². The quantitative estimate of drug-likeness (QED) is 0.851. The Bertz CT molecular complexity index is 600. The lowest BCUT2D eigenvalue weighted by molar-refractivity contribution is 0.946. The number of rotatable bonds is 6. The molecule has 5 nitrogen and oxygen atoms in total. The lowest BCUT2D eigenvalue weighted by Gasteiger charge is -2.15. The van der Waals surface area contributed by atoms with Gasteiger partial charge < -0.3 is 10.6 Å². The Morgan fingerprint density at radius 1 is 1.14 bits per heavy atom. The van der Waals surface area contributed by atoms with E-state index >= 15 is 0 Å². The summed E-state index contributed by atoms with van der Waals surface area (Å²) < 4.78 is 0. The molecular weight excluding hydrogens is 262 g/mol. The summed E-state index contributed by atoms with van der Waals surface area (Å²) >= 11 is 0. The van der Waals surface area contributed by atoms with Crippen LogP contribution in [-0.4, -0.2) is 21.2 Å². The molecule has 21 heavy (non-hydrogen) atoms. The van der Waals surface area contributed by atoms with E-state index < -0.39 is 0 Å². The van der Waals surface area contributed by atoms with Gasteiger partial charge in [-0.25, -0.2) is 0 Å². The first-order valence-corrected chi connectivity index (χ1v) is 7.64. The van der Waals surface area contributed by atoms with Crippen molar-refractivity contribution in [3.05, 3.63) is 35.5 Å². The largest absolute Gasteiger partial charge is 0.350 e. The van der Waals surface area contributed by atoms with Gasteiger partial charge in [0.1, 0.15) is 0 Å². The van der Waals surface area contributed by atoms with Gasteiger partial charge >= 0.3 is 0 Å². The molecule has 1 aliphatic carbocycles. The first-order chi connectivity index (χ1) is 10.3. The number of anilines is 3. The molecule has 2 aromatic rings. The van der Waals surface area contributed by atoms with Crippen molar-refractivity contribution in [3.8, 4) is 0 Å². The van der Waals surface area contributed by atoms with E-state index in [2.05, 4.69) is 57.9 Å². The predicted octanol–water partition coefficient (Wildman–Crippen LogP) is 3.31. The third-order valence-corrected chi connectivity index (χ3v) is 3.72. The Kier molecular flexibility index (Phi) is 3.99. The molecule has 0 amide bonds. The van der Waals surface area contributed by atoms with Crippen LogP contribution in [0.3, 0.4) is 0 Å². The summed E-state index contributed by atoms with van der Waals surface area (Å²) in [5.41, 5.74) is 3.75. The molecule has 0 saturated heterocycles. The van der Waals surface area contributed by atoms with Crippen LogP contribution in [0.15, 0.2) is 24.4 Å². The lowest BCUT2D eigenvalue weighted by Crippen LogP contribution is -2.08. The molecule has 5 heteroatoms. The second-order valence-corrected chi connectivity index (χ2v) is 5.37. The highest BCUT2D eigenvalue weighted by molar-refractivity contribution is 5.65. The fourth-order valence-electron chi connectivity index (χ4n) is 2.37. The van der Waals surface area contributed by atoms with Crippen LogP contribution >= 0.6 is 0 Å². The number of benzene rings is 1. The number of nitrogens with one attached hydrogen (secondary N) is 2. The highest BCUT2D eigenvalue weighted by atomic mass is 15.3. The maximum atomic E-state index is 4.50. The SMILES string of the molecule is CCc1cccc(CC)c1Nc1cnnc(NC2CC2)n1. The molecule has 0 bridgehead atoms. The summed E-state index contributed by atoms with van der Waals surface area (Å²) in [5, 5.41) is 14.8. The minimum atomic E-state index is 0.524. The first kappa shape index (κ1) is 13.8. The Morgan fingerprint density at radius 3 is 2.48 bits per heavy atom. The maximum Gasteiger partial charge on any atom is 0.244 e. The summed E-state index contributed by atoms with van der Waals surface area (Å²) in [6.07, 6.45) is 6.03. The molecule has 1 heterocycles. The van der Waals surface area contributed by atoms with E-state index in [1.165, 1.54) is 24.0 Å². The molecule has 0 atom stereocenters. The van der Waals surface area contributed by atoms with E-state index in [0.717, 1.165) is 24.3 Å². The maximum absolute atomic E-state index is 4.50. The second-order valence-electron chi connectivity index (χ2n) is 5.37. The van der Waals surface area contributed by atoms with Crippen LogP contribution in [0.5, 0.6) is 0 Å². The molecule has 3 rings (SSSR count). The molecule has 0 aliphatic heterocycles. The van der Waals surface area contributed by atoms with Crippen molar-refractivity contribution in [2.24, 2.45) is 0 Å². The van der Waals surface area contributed by atoms with E-state index in [0.29, 0.717) is 12.0 Å². The Morgan fingerprint density at radius 2 is 1.86 bits per heavy atom. The Balaban J connectivity index is 1.85. The number of nitrogens with zero attached hydrogens (tertiary/aromatic N) is 3. The van der Waals surface area contributed by atoms with Crippen LogP contribution < -0.4 is 10.6 Å². The second kappa shape index (κ2) is 6.08. The standard InChI is InChI=1S/C16H21N5/c1-3-11-6-5-7-12(4-2)15(11)19-14-10-17-21-16(20-14)18-13-8-9-13/h5-7,10,13H,3-4,8-9H2,1-2H3,(H2,18,19,20,21). The average Bonchev–Trinajstić information content (AvgIpc) is 3.32. The molecule has 2 N–H and O–H groups in total. The van der Waals surface area contributed by atoms with Crippen molar-refractivity contribution in [3.63, 3.8) is 0 Å². The minimum Gasteiger partial charge on any atom is -0.350 e. The number of hydrogen-bond acceptors (Lipinski definition) is 5. The number of para-hydroxylation sites is 1. The van der Waals surface area contributed by atoms with Gasteiger partial charge in [-0.05, 0) is 36.8 Å². The van der Waals surface area contributed by atoms with Crippen molar-refractivity contribution in [2.45, 2.75) is 45.6 Å². The molecule has 1 aliphatic rings. The Labute approximate surface area is 125 Å². The normalized spacial score (nSPS) is 14.0. The third-order valence-electron chi connectivity index (χ3n) is 3.72. The number of aryl methyl sites for hydroxylation is 2. The van der Waals surface area contributed by atoms with E-state index in [1.54, 1.807) is 6.20 Å². The van der Waals surface area contributed by atoms with Gasteiger partial charge in [0.15, 0.2) is 5.82 Å². The minimum absolute atomic E-state index is 0.524. The monoisotopic (exact) mass is 283 g/mol. The molecule has 110 valence electrons. The van der Waals surface area contributed by atoms with Gasteiger partial charge in [0, 0.05) is 11.7 Å². The van der Waals surface area contributed by atoms with Crippen LogP contribution in [0.1, 0.15) is 37.8 Å². The van der Waals surface area contributed by atoms with Gasteiger partial charge in [-0.15, -0.1) is 5.10 Å². The van der Waals surface area contributed by atoms with Crippen molar-refractivity contribution >= 4 is 17.5 Å². The van der Waals surface area contributed by atoms with Crippen LogP contribution in [0.25, 0.3) is 0 Å². The van der Waals surface area contributed by atoms with Crippen molar-refractivity contribution < 1.29 is 0 Å². The van der Waals surface area contributed by atoms with Crippen molar-refractivity contribution in [1.82, 2.24) is 15.2 Å². The summed E-state index contributed by atoms with van der Waals surface area (Å²) in [7, 11) is 0. The van der Waals surface area contributed by atoms with E-state index in [1.807, 2.05) is 0 Å². The lowest BCUT2D eigenvalue weighted by atomic mass is 10.0. The van der Waals surface area contributed by atoms with Gasteiger partial charge in [-0.2, -0.15) is 10.1 Å². The summed E-state index contributed by atoms with van der Waals surface area (Å²) in [5.74, 6) is 1.35. The zero-order valence-corrected chi connectivity index (χ0v) is 12.6. The van der Waals surface area contributed by atoms with E-state index in [4.69, 9.17) is 0 Å². The summed E-state index contributed by atoms with van der Waals surface area (Å²) in [4.78, 5) is 4.50. The van der Waals surface area contributed by atoms with Crippen molar-refractivity contribution in [2.75, 3.05) is 10.6 Å². The molecule has 0 spiro atoms. The zero-order chi connectivity index (χ0) is 14.7. The average molecular weight is 283 g/mol. The van der Waals surface area contributed by atoms with Crippen molar-refractivity contribution in [1.29, 1.82) is 0 Å². The summed E-state index contributed by atoms with van der Waals surface area (Å²) in [6.45, 7) is 4.33. The van der Waals surface area contributed by atoms with E-state index in [9.17, 15) is 0 Å². The number of hydrogen-bond donors (Lipinski definition) is 2. The van der Waals surface area contributed by atoms with Gasteiger partial charge in [0.05, 0.1) is 6.20 Å². The molecule has 1 aromatic carbocycles. The highest BCUT2D eigenvalue weighted by Gasteiger charge is 2.22. The predicted molar refractivity (Wildman–Crippen MR) is 85.0 cm³/mol. The van der Waals surface area contributed by atoms with Crippen LogP contribution in [0, 0.1) is 0 Å². The first-order valence-electron chi connectivity index (χ1n) is 7.64. The summed E-state index contributed by atoms with van der Waals surface area (Å²) in [6, 6.07) is 6.94. The molecule has 1 aromatic heterocycles. The van der Waals surface area contributed by atoms with E-state index in [-0.39, 0.29) is 0 Å². The van der Waals surface area contributed by atoms with Crippen LogP contribution in [-0.2, 0) is 12.8 Å². The molecule has 0 unspecified atom stereocenters. The third kappa shape index (κ3) is 3.29. The molecule has 1 fully saturated rings. The fraction of sp³-hybridized carbons (Fsp3) is 0.438. The molecular formula is C16H21N5. The number of aromatic nitrogens is 3. The zero-order valence-electron chi connectivity index (χ0n) is 12.6. The van der Waals surface area contributed by atoms with Crippen LogP contribution in [0.2, 0.25) is 0 Å².